The highest BCUT2D eigenvalue weighted by molar-refractivity contribution is 7.14. The fourth-order valence-electron chi connectivity index (χ4n) is 2.87. The molecule has 0 radical (unpaired) electrons. The van der Waals surface area contributed by atoms with Crippen molar-refractivity contribution in [2.75, 3.05) is 11.9 Å². The fourth-order valence-corrected chi connectivity index (χ4v) is 3.57. The number of fused-ring (bicyclic) bond motifs is 1. The summed E-state index contributed by atoms with van der Waals surface area (Å²) in [6.45, 7) is 0.504. The Balaban J connectivity index is 1.25. The van der Waals surface area contributed by atoms with Crippen molar-refractivity contribution in [3.05, 3.63) is 83.3 Å². The van der Waals surface area contributed by atoms with Gasteiger partial charge >= 0.3 is 0 Å². The van der Waals surface area contributed by atoms with Gasteiger partial charge in [-0.1, -0.05) is 24.3 Å². The van der Waals surface area contributed by atoms with Crippen LogP contribution in [0.25, 0.3) is 5.65 Å². The lowest BCUT2D eigenvalue weighted by molar-refractivity contribution is -0.120. The van der Waals surface area contributed by atoms with Gasteiger partial charge < -0.3 is 9.72 Å². The summed E-state index contributed by atoms with van der Waals surface area (Å²) in [5.41, 5.74) is 3.01. The van der Waals surface area contributed by atoms with Gasteiger partial charge in [0.05, 0.1) is 17.8 Å². The molecule has 0 saturated carbocycles. The average Bonchev–Trinajstić information content (AvgIpc) is 3.34. The summed E-state index contributed by atoms with van der Waals surface area (Å²) in [5, 5.41) is 7.90. The van der Waals surface area contributed by atoms with Crippen molar-refractivity contribution in [3.63, 3.8) is 0 Å². The molecule has 1 aromatic carbocycles. The van der Waals surface area contributed by atoms with Crippen molar-refractivity contribution < 1.29 is 9.59 Å². The normalized spacial score (nSPS) is 10.8. The number of nitrogens with zero attached hydrogens (tertiary/aromatic N) is 3. The molecule has 0 aliphatic carbocycles. The van der Waals surface area contributed by atoms with Crippen molar-refractivity contribution >= 4 is 33.9 Å². The summed E-state index contributed by atoms with van der Waals surface area (Å²) >= 11 is 1.30. The topological polar surface area (TPSA) is 88.4 Å². The number of nitrogens with one attached hydrogen (secondary N) is 2. The number of hydrogen-bond donors (Lipinski definition) is 2. The smallest absolute Gasteiger partial charge is 0.257 e. The quantitative estimate of drug-likeness (QED) is 0.495. The van der Waals surface area contributed by atoms with Gasteiger partial charge in [0.25, 0.3) is 5.91 Å². The summed E-state index contributed by atoms with van der Waals surface area (Å²) in [5.74, 6) is -0.330. The molecule has 0 fully saturated rings. The van der Waals surface area contributed by atoms with E-state index in [1.807, 2.05) is 41.1 Å². The Morgan fingerprint density at radius 1 is 1.00 bits per heavy atom. The third-order valence-corrected chi connectivity index (χ3v) is 5.07. The maximum absolute atomic E-state index is 12.2. The fraction of sp³-hybridized carbons (Fsp3) is 0.143. The Morgan fingerprint density at radius 3 is 2.66 bits per heavy atom. The largest absolute Gasteiger partial charge is 0.355 e. The van der Waals surface area contributed by atoms with Crippen LogP contribution in [-0.4, -0.2) is 32.7 Å². The maximum Gasteiger partial charge on any atom is 0.257 e. The van der Waals surface area contributed by atoms with E-state index in [2.05, 4.69) is 20.6 Å². The molecule has 0 aliphatic rings. The van der Waals surface area contributed by atoms with Crippen LogP contribution in [0.4, 0.5) is 5.13 Å². The van der Waals surface area contributed by atoms with Gasteiger partial charge in [-0.15, -0.1) is 11.3 Å². The summed E-state index contributed by atoms with van der Waals surface area (Å²) in [4.78, 5) is 33.2. The van der Waals surface area contributed by atoms with Crippen LogP contribution < -0.4 is 10.6 Å². The molecule has 4 aromatic rings. The van der Waals surface area contributed by atoms with Crippen molar-refractivity contribution in [1.29, 1.82) is 0 Å². The molecule has 0 saturated heterocycles. The summed E-state index contributed by atoms with van der Waals surface area (Å²) in [6, 6.07) is 14.8. The molecule has 0 unspecified atom stereocenters. The molecule has 0 bridgehead atoms. The SMILES string of the molecule is O=C(Cc1csc(NC(=O)c2ccccc2)n1)NCCc1cn2ccccc2n1. The molecule has 2 N–H and O–H groups in total. The summed E-state index contributed by atoms with van der Waals surface area (Å²) in [6.07, 6.45) is 4.73. The number of carbonyl (C=O) groups excluding carboxylic acids is 2. The van der Waals surface area contributed by atoms with Gasteiger partial charge in [0.15, 0.2) is 5.13 Å². The standard InChI is InChI=1S/C21H19N5O2S/c27-19(22-10-9-16-13-26-11-5-4-8-18(26)23-16)12-17-14-29-21(24-17)25-20(28)15-6-2-1-3-7-15/h1-8,11,13-14H,9-10,12H2,(H,22,27)(H,24,25,28). The van der Waals surface area contributed by atoms with Crippen LogP contribution in [0.15, 0.2) is 66.3 Å². The molecular formula is C21H19N5O2S. The lowest BCUT2D eigenvalue weighted by Crippen LogP contribution is -2.27. The monoisotopic (exact) mass is 405 g/mol. The van der Waals surface area contributed by atoms with Crippen LogP contribution in [0.2, 0.25) is 0 Å². The van der Waals surface area contributed by atoms with E-state index in [9.17, 15) is 9.59 Å². The van der Waals surface area contributed by atoms with Crippen LogP contribution in [-0.2, 0) is 17.6 Å². The van der Waals surface area contributed by atoms with Crippen molar-refractivity contribution in [1.82, 2.24) is 19.7 Å². The van der Waals surface area contributed by atoms with Crippen LogP contribution in [0.1, 0.15) is 21.7 Å². The number of benzene rings is 1. The first-order chi connectivity index (χ1) is 14.2. The van der Waals surface area contributed by atoms with Gasteiger partial charge in [0.2, 0.25) is 5.91 Å². The van der Waals surface area contributed by atoms with Crippen LogP contribution in [0.5, 0.6) is 0 Å². The zero-order valence-corrected chi connectivity index (χ0v) is 16.4. The van der Waals surface area contributed by atoms with Gasteiger partial charge in [-0.25, -0.2) is 9.97 Å². The maximum atomic E-state index is 12.2. The molecule has 0 atom stereocenters. The van der Waals surface area contributed by atoms with E-state index in [4.69, 9.17) is 0 Å². The summed E-state index contributed by atoms with van der Waals surface area (Å²) < 4.78 is 1.96. The van der Waals surface area contributed by atoms with Crippen LogP contribution in [0.3, 0.4) is 0 Å². The lowest BCUT2D eigenvalue weighted by atomic mass is 10.2. The molecule has 3 heterocycles. The molecular weight excluding hydrogens is 386 g/mol. The highest BCUT2D eigenvalue weighted by atomic mass is 32.1. The Bertz CT molecular complexity index is 1100. The Hall–Kier alpha value is -3.52. The predicted octanol–water partition coefficient (Wildman–Crippen LogP) is 2.94. The number of amides is 2. The van der Waals surface area contributed by atoms with E-state index in [0.717, 1.165) is 11.3 Å². The van der Waals surface area contributed by atoms with Crippen LogP contribution in [0, 0.1) is 0 Å². The second-order valence-corrected chi connectivity index (χ2v) is 7.30. The van der Waals surface area contributed by atoms with Gasteiger partial charge in [0.1, 0.15) is 5.65 Å². The molecule has 4 rings (SSSR count). The summed E-state index contributed by atoms with van der Waals surface area (Å²) in [7, 11) is 0. The second-order valence-electron chi connectivity index (χ2n) is 6.44. The zero-order chi connectivity index (χ0) is 20.1. The minimum Gasteiger partial charge on any atom is -0.355 e. The number of anilines is 1. The zero-order valence-electron chi connectivity index (χ0n) is 15.5. The number of rotatable bonds is 7. The Kier molecular flexibility index (Phi) is 5.62. The molecule has 29 heavy (non-hydrogen) atoms. The first kappa shape index (κ1) is 18.8. The highest BCUT2D eigenvalue weighted by Crippen LogP contribution is 2.17. The highest BCUT2D eigenvalue weighted by Gasteiger charge is 2.11. The number of thiazole rings is 1. The molecule has 2 amide bonds. The lowest BCUT2D eigenvalue weighted by Gasteiger charge is -2.02. The minimum absolute atomic E-state index is 0.111. The van der Waals surface area contributed by atoms with E-state index < -0.39 is 0 Å². The number of carbonyl (C=O) groups is 2. The number of aromatic nitrogens is 3. The Morgan fingerprint density at radius 2 is 1.83 bits per heavy atom. The number of pyridine rings is 1. The first-order valence-electron chi connectivity index (χ1n) is 9.17. The van der Waals surface area contributed by atoms with E-state index >= 15 is 0 Å². The third kappa shape index (κ3) is 4.85. The van der Waals surface area contributed by atoms with Gasteiger partial charge in [-0.2, -0.15) is 0 Å². The van der Waals surface area contributed by atoms with Gasteiger partial charge in [-0.3, -0.25) is 14.9 Å². The van der Waals surface area contributed by atoms with Crippen molar-refractivity contribution in [3.8, 4) is 0 Å². The molecule has 3 aromatic heterocycles. The number of hydrogen-bond acceptors (Lipinski definition) is 5. The second kappa shape index (κ2) is 8.66. The van der Waals surface area contributed by atoms with Crippen molar-refractivity contribution in [2.45, 2.75) is 12.8 Å². The van der Waals surface area contributed by atoms with E-state index in [1.54, 1.807) is 29.6 Å². The van der Waals surface area contributed by atoms with Gasteiger partial charge in [-0.05, 0) is 24.3 Å². The third-order valence-electron chi connectivity index (χ3n) is 4.27. The molecule has 0 spiro atoms. The molecule has 0 aliphatic heterocycles. The average molecular weight is 405 g/mol. The van der Waals surface area contributed by atoms with E-state index in [-0.39, 0.29) is 18.2 Å². The predicted molar refractivity (Wildman–Crippen MR) is 112 cm³/mol. The van der Waals surface area contributed by atoms with E-state index in [1.165, 1.54) is 11.3 Å². The van der Waals surface area contributed by atoms with Crippen molar-refractivity contribution in [2.24, 2.45) is 0 Å². The Labute approximate surface area is 171 Å². The number of imidazole rings is 1. The molecule has 7 nitrogen and oxygen atoms in total. The minimum atomic E-state index is -0.219. The molecule has 8 heteroatoms. The van der Waals surface area contributed by atoms with E-state index in [0.29, 0.717) is 29.4 Å². The van der Waals surface area contributed by atoms with Gasteiger partial charge in [0, 0.05) is 36.3 Å². The first-order valence-corrected chi connectivity index (χ1v) is 10.1. The van der Waals surface area contributed by atoms with Crippen LogP contribution >= 0.6 is 11.3 Å². The molecule has 146 valence electrons.